The van der Waals surface area contributed by atoms with Gasteiger partial charge in [0.2, 0.25) is 0 Å². The third kappa shape index (κ3) is 3.97. The molecule has 8 heteroatoms. The van der Waals surface area contributed by atoms with Crippen LogP contribution in [0.1, 0.15) is 31.2 Å². The van der Waals surface area contributed by atoms with Crippen molar-refractivity contribution in [2.45, 2.75) is 31.3 Å². The van der Waals surface area contributed by atoms with Crippen LogP contribution in [-0.4, -0.2) is 23.0 Å². The molecule has 0 bridgehead atoms. The predicted octanol–water partition coefficient (Wildman–Crippen LogP) is 3.15. The molecular weight excluding hydrogens is 356 g/mol. The molecule has 0 unspecified atom stereocenters. The number of sulfonamides is 1. The van der Waals surface area contributed by atoms with Gasteiger partial charge in [0.15, 0.2) is 5.03 Å². The topological polar surface area (TPSA) is 76.9 Å². The van der Waals surface area contributed by atoms with E-state index in [0.717, 1.165) is 22.6 Å². The van der Waals surface area contributed by atoms with Gasteiger partial charge in [0.25, 0.3) is 10.0 Å². The lowest BCUT2D eigenvalue weighted by Gasteiger charge is -2.06. The van der Waals surface area contributed by atoms with Crippen LogP contribution in [0.15, 0.2) is 46.4 Å². The highest BCUT2D eigenvalue weighted by Gasteiger charge is 2.20. The number of pyridine rings is 1. The van der Waals surface area contributed by atoms with Gasteiger partial charge in [-0.15, -0.1) is 0 Å². The summed E-state index contributed by atoms with van der Waals surface area (Å²) in [6.07, 6.45) is 3.23. The summed E-state index contributed by atoms with van der Waals surface area (Å²) < 4.78 is 29.4. The second-order valence-corrected chi connectivity index (χ2v) is 8.58. The van der Waals surface area contributed by atoms with Crippen LogP contribution in [0.3, 0.4) is 0 Å². The molecule has 1 N–H and O–H groups in total. The molecule has 0 amide bonds. The zero-order valence-electron chi connectivity index (χ0n) is 14.3. The van der Waals surface area contributed by atoms with Crippen LogP contribution in [0.25, 0.3) is 11.3 Å². The average molecular weight is 377 g/mol. The lowest BCUT2D eigenvalue weighted by atomic mass is 10.1. The van der Waals surface area contributed by atoms with E-state index in [2.05, 4.69) is 14.7 Å². The number of rotatable bonds is 6. The summed E-state index contributed by atoms with van der Waals surface area (Å²) in [5.74, 6) is 0.895. The molecule has 6 nitrogen and oxygen atoms in total. The molecule has 3 aromatic rings. The second kappa shape index (κ2) is 7.07. The molecule has 0 aliphatic heterocycles. The molecule has 0 aliphatic carbocycles. The fraction of sp³-hybridized carbons (Fsp3) is 0.294. The first kappa shape index (κ1) is 17.8. The molecule has 0 aliphatic rings. The van der Waals surface area contributed by atoms with Gasteiger partial charge in [0.1, 0.15) is 5.82 Å². The van der Waals surface area contributed by atoms with Crippen LogP contribution < -0.4 is 4.72 Å². The number of thiophene rings is 1. The third-order valence-corrected chi connectivity index (χ3v) is 5.74. The molecule has 0 saturated carbocycles. The zero-order chi connectivity index (χ0) is 18.0. The first-order valence-electron chi connectivity index (χ1n) is 7.87. The van der Waals surface area contributed by atoms with Gasteiger partial charge >= 0.3 is 0 Å². The van der Waals surface area contributed by atoms with E-state index in [1.165, 1.54) is 0 Å². The van der Waals surface area contributed by atoms with Gasteiger partial charge in [-0.3, -0.25) is 4.98 Å². The van der Waals surface area contributed by atoms with Gasteiger partial charge in [0, 0.05) is 42.8 Å². The number of nitrogens with one attached hydrogen (secondary N) is 1. The Balaban J connectivity index is 1.77. The van der Waals surface area contributed by atoms with Crippen molar-refractivity contribution in [3.8, 4) is 11.3 Å². The van der Waals surface area contributed by atoms with Gasteiger partial charge in [-0.1, -0.05) is 13.8 Å². The van der Waals surface area contributed by atoms with Crippen LogP contribution in [0.5, 0.6) is 0 Å². The van der Waals surface area contributed by atoms with Crippen molar-refractivity contribution in [3.05, 3.63) is 52.7 Å². The Hall–Kier alpha value is -2.03. The number of imidazole rings is 1. The maximum Gasteiger partial charge on any atom is 0.259 e. The number of nitrogens with zero attached hydrogens (tertiary/aromatic N) is 3. The molecule has 132 valence electrons. The summed E-state index contributed by atoms with van der Waals surface area (Å²) in [6.45, 7) is 4.15. The lowest BCUT2D eigenvalue weighted by molar-refractivity contribution is 0.577. The minimum Gasteiger partial charge on any atom is -0.336 e. The van der Waals surface area contributed by atoms with E-state index in [9.17, 15) is 8.42 Å². The van der Waals surface area contributed by atoms with Gasteiger partial charge in [-0.2, -0.15) is 11.3 Å². The van der Waals surface area contributed by atoms with Gasteiger partial charge in [0.05, 0.1) is 5.69 Å². The van der Waals surface area contributed by atoms with E-state index in [4.69, 9.17) is 0 Å². The first-order chi connectivity index (χ1) is 11.9. The fourth-order valence-corrected chi connectivity index (χ4v) is 4.19. The number of aromatic nitrogens is 3. The lowest BCUT2D eigenvalue weighted by Crippen LogP contribution is -2.23. The SMILES string of the molecule is CC(C)c1nc(S(=O)(=O)NCc2ccnc(-c3ccsc3)c2)cn1C. The molecule has 3 aromatic heterocycles. The van der Waals surface area contributed by atoms with Crippen molar-refractivity contribution in [2.24, 2.45) is 7.05 Å². The smallest absolute Gasteiger partial charge is 0.259 e. The third-order valence-electron chi connectivity index (χ3n) is 3.79. The maximum absolute atomic E-state index is 12.5. The largest absolute Gasteiger partial charge is 0.336 e. The Labute approximate surface area is 151 Å². The van der Waals surface area contributed by atoms with E-state index >= 15 is 0 Å². The average Bonchev–Trinajstić information content (AvgIpc) is 3.23. The van der Waals surface area contributed by atoms with Crippen molar-refractivity contribution in [1.29, 1.82) is 0 Å². The second-order valence-electron chi connectivity index (χ2n) is 6.09. The van der Waals surface area contributed by atoms with Crippen LogP contribution >= 0.6 is 11.3 Å². The Kier molecular flexibility index (Phi) is 5.03. The standard InChI is InChI=1S/C17H20N4O2S2/c1-12(2)17-20-16(10-21(17)3)25(22,23)19-9-13-4-6-18-15(8-13)14-5-7-24-11-14/h4-8,10-12,19H,9H2,1-3H3. The monoisotopic (exact) mass is 376 g/mol. The molecule has 3 heterocycles. The highest BCUT2D eigenvalue weighted by Crippen LogP contribution is 2.21. The fourth-order valence-electron chi connectivity index (χ4n) is 2.52. The van der Waals surface area contributed by atoms with E-state index in [-0.39, 0.29) is 17.5 Å². The highest BCUT2D eigenvalue weighted by atomic mass is 32.2. The predicted molar refractivity (Wildman–Crippen MR) is 98.9 cm³/mol. The van der Waals surface area contributed by atoms with Crippen LogP contribution in [-0.2, 0) is 23.6 Å². The quantitative estimate of drug-likeness (QED) is 0.717. The van der Waals surface area contributed by atoms with E-state index < -0.39 is 10.0 Å². The molecule has 25 heavy (non-hydrogen) atoms. The molecular formula is C17H20N4O2S2. The zero-order valence-corrected chi connectivity index (χ0v) is 15.9. The maximum atomic E-state index is 12.5. The number of hydrogen-bond acceptors (Lipinski definition) is 5. The molecule has 0 atom stereocenters. The summed E-state index contributed by atoms with van der Waals surface area (Å²) in [5, 5.41) is 4.04. The van der Waals surface area contributed by atoms with Crippen molar-refractivity contribution < 1.29 is 8.42 Å². The van der Waals surface area contributed by atoms with Gasteiger partial charge < -0.3 is 4.57 Å². The van der Waals surface area contributed by atoms with E-state index in [1.807, 2.05) is 36.7 Å². The Bertz CT molecular complexity index is 960. The number of hydrogen-bond donors (Lipinski definition) is 1. The minimum absolute atomic E-state index is 0.0471. The first-order valence-corrected chi connectivity index (χ1v) is 10.3. The van der Waals surface area contributed by atoms with Crippen molar-refractivity contribution in [3.63, 3.8) is 0 Å². The normalized spacial score (nSPS) is 12.0. The highest BCUT2D eigenvalue weighted by molar-refractivity contribution is 7.89. The van der Waals surface area contributed by atoms with Crippen molar-refractivity contribution in [1.82, 2.24) is 19.3 Å². The van der Waals surface area contributed by atoms with E-state index in [0.29, 0.717) is 0 Å². The number of aryl methyl sites for hydroxylation is 1. The van der Waals surface area contributed by atoms with Crippen molar-refractivity contribution >= 4 is 21.4 Å². The molecule has 0 radical (unpaired) electrons. The van der Waals surface area contributed by atoms with Crippen molar-refractivity contribution in [2.75, 3.05) is 0 Å². The van der Waals surface area contributed by atoms with E-state index in [1.54, 1.807) is 41.4 Å². The molecule has 3 rings (SSSR count). The molecule has 0 saturated heterocycles. The summed E-state index contributed by atoms with van der Waals surface area (Å²) in [5.41, 5.74) is 2.71. The van der Waals surface area contributed by atoms with Crippen LogP contribution in [0.4, 0.5) is 0 Å². The summed E-state index contributed by atoms with van der Waals surface area (Å²) in [6, 6.07) is 5.68. The molecule has 0 aromatic carbocycles. The van der Waals surface area contributed by atoms with Gasteiger partial charge in [-0.05, 0) is 29.1 Å². The molecule has 0 spiro atoms. The summed E-state index contributed by atoms with van der Waals surface area (Å²) >= 11 is 1.60. The van der Waals surface area contributed by atoms with Crippen LogP contribution in [0.2, 0.25) is 0 Å². The summed E-state index contributed by atoms with van der Waals surface area (Å²) in [4.78, 5) is 8.59. The van der Waals surface area contributed by atoms with Gasteiger partial charge in [-0.25, -0.2) is 18.1 Å². The minimum atomic E-state index is -3.66. The Morgan fingerprint density at radius 1 is 1.32 bits per heavy atom. The Morgan fingerprint density at radius 2 is 2.12 bits per heavy atom. The molecule has 0 fully saturated rings. The Morgan fingerprint density at radius 3 is 2.76 bits per heavy atom. The van der Waals surface area contributed by atoms with Crippen LogP contribution in [0, 0.1) is 0 Å². The summed E-state index contributed by atoms with van der Waals surface area (Å²) in [7, 11) is -1.86.